The van der Waals surface area contributed by atoms with Gasteiger partial charge in [0.15, 0.2) is 0 Å². The van der Waals surface area contributed by atoms with Crippen LogP contribution in [0.4, 0.5) is 4.79 Å². The van der Waals surface area contributed by atoms with Gasteiger partial charge in [0, 0.05) is 0 Å². The Hall–Kier alpha value is -2.24. The predicted molar refractivity (Wildman–Crippen MR) is 97.4 cm³/mol. The van der Waals surface area contributed by atoms with Crippen molar-refractivity contribution in [1.82, 2.24) is 5.32 Å². The molecule has 0 aromatic heterocycles. The lowest BCUT2D eigenvalue weighted by atomic mass is 10.1. The molecule has 1 aromatic rings. The van der Waals surface area contributed by atoms with Crippen molar-refractivity contribution in [3.8, 4) is 5.75 Å². The molecule has 0 aliphatic heterocycles. The molecule has 1 atom stereocenters. The molecule has 1 aromatic carbocycles. The SMILES string of the molecule is CC(C)CCOC(=O)C(C)NC(=O)OC(C)(C)C.Oc1ccccc1. The summed E-state index contributed by atoms with van der Waals surface area (Å²) < 4.78 is 10.1. The molecule has 0 radical (unpaired) electrons. The summed E-state index contributed by atoms with van der Waals surface area (Å²) in [4.78, 5) is 22.9. The van der Waals surface area contributed by atoms with Crippen LogP contribution in [-0.2, 0) is 14.3 Å². The van der Waals surface area contributed by atoms with E-state index in [9.17, 15) is 9.59 Å². The minimum Gasteiger partial charge on any atom is -0.508 e. The van der Waals surface area contributed by atoms with Gasteiger partial charge in [-0.3, -0.25) is 0 Å². The van der Waals surface area contributed by atoms with Crippen molar-refractivity contribution >= 4 is 12.1 Å². The van der Waals surface area contributed by atoms with Gasteiger partial charge in [-0.1, -0.05) is 32.0 Å². The van der Waals surface area contributed by atoms with Gasteiger partial charge in [-0.2, -0.15) is 0 Å². The molecule has 0 aliphatic carbocycles. The maximum atomic E-state index is 11.5. The topological polar surface area (TPSA) is 84.9 Å². The number of rotatable bonds is 5. The van der Waals surface area contributed by atoms with Crippen molar-refractivity contribution in [2.75, 3.05) is 6.61 Å². The van der Waals surface area contributed by atoms with Gasteiger partial charge in [0.25, 0.3) is 0 Å². The maximum Gasteiger partial charge on any atom is 0.408 e. The van der Waals surface area contributed by atoms with Crippen LogP contribution in [0.25, 0.3) is 0 Å². The van der Waals surface area contributed by atoms with E-state index in [4.69, 9.17) is 14.6 Å². The fourth-order valence-corrected chi connectivity index (χ4v) is 1.49. The summed E-state index contributed by atoms with van der Waals surface area (Å²) in [6.45, 7) is 11.3. The monoisotopic (exact) mass is 353 g/mol. The van der Waals surface area contributed by atoms with E-state index in [0.29, 0.717) is 18.3 Å². The Balaban J connectivity index is 0.000000676. The molecule has 25 heavy (non-hydrogen) atoms. The van der Waals surface area contributed by atoms with Crippen LogP contribution in [0.3, 0.4) is 0 Å². The molecule has 1 unspecified atom stereocenters. The van der Waals surface area contributed by atoms with Crippen LogP contribution in [-0.4, -0.2) is 35.4 Å². The number of carbonyl (C=O) groups is 2. The molecule has 1 amide bonds. The second-order valence-electron chi connectivity index (χ2n) is 7.05. The zero-order valence-corrected chi connectivity index (χ0v) is 16.0. The summed E-state index contributed by atoms with van der Waals surface area (Å²) in [6, 6.07) is 8.01. The van der Waals surface area contributed by atoms with Crippen LogP contribution >= 0.6 is 0 Å². The smallest absolute Gasteiger partial charge is 0.408 e. The summed E-state index contributed by atoms with van der Waals surface area (Å²) in [5.41, 5.74) is -0.578. The first-order chi connectivity index (χ1) is 11.5. The molecule has 0 saturated heterocycles. The number of esters is 1. The van der Waals surface area contributed by atoms with Gasteiger partial charge < -0.3 is 19.9 Å². The van der Waals surface area contributed by atoms with Gasteiger partial charge in [-0.05, 0) is 52.2 Å². The maximum absolute atomic E-state index is 11.5. The highest BCUT2D eigenvalue weighted by molar-refractivity contribution is 5.80. The highest BCUT2D eigenvalue weighted by Gasteiger charge is 2.21. The normalized spacial score (nSPS) is 11.8. The number of aromatic hydroxyl groups is 1. The lowest BCUT2D eigenvalue weighted by molar-refractivity contribution is -0.146. The number of amides is 1. The highest BCUT2D eigenvalue weighted by atomic mass is 16.6. The van der Waals surface area contributed by atoms with Crippen LogP contribution < -0.4 is 5.32 Å². The third-order valence-electron chi connectivity index (χ3n) is 2.78. The molecule has 2 N–H and O–H groups in total. The van der Waals surface area contributed by atoms with Crippen molar-refractivity contribution in [3.05, 3.63) is 30.3 Å². The molecule has 1 rings (SSSR count). The fraction of sp³-hybridized carbons (Fsp3) is 0.579. The third kappa shape index (κ3) is 13.9. The van der Waals surface area contributed by atoms with Gasteiger partial charge in [0.05, 0.1) is 6.61 Å². The number of ether oxygens (including phenoxy) is 2. The third-order valence-corrected chi connectivity index (χ3v) is 2.78. The Kier molecular flexibility index (Phi) is 10.3. The molecular formula is C19H31NO5. The first-order valence-corrected chi connectivity index (χ1v) is 8.41. The zero-order chi connectivity index (χ0) is 19.5. The molecule has 0 aliphatic rings. The van der Waals surface area contributed by atoms with E-state index >= 15 is 0 Å². The Morgan fingerprint density at radius 3 is 2.08 bits per heavy atom. The average Bonchev–Trinajstić information content (AvgIpc) is 2.46. The molecule has 0 fully saturated rings. The van der Waals surface area contributed by atoms with Crippen molar-refractivity contribution < 1.29 is 24.2 Å². The number of para-hydroxylation sites is 1. The first-order valence-electron chi connectivity index (χ1n) is 8.41. The average molecular weight is 353 g/mol. The molecule has 0 heterocycles. The lowest BCUT2D eigenvalue weighted by Gasteiger charge is -2.21. The minimum absolute atomic E-state index is 0.322. The second-order valence-corrected chi connectivity index (χ2v) is 7.05. The molecule has 6 heteroatoms. The quantitative estimate of drug-likeness (QED) is 0.785. The molecular weight excluding hydrogens is 322 g/mol. The van der Waals surface area contributed by atoms with E-state index in [1.165, 1.54) is 0 Å². The summed E-state index contributed by atoms with van der Waals surface area (Å²) in [5.74, 6) is 0.357. The van der Waals surface area contributed by atoms with Crippen LogP contribution in [0.5, 0.6) is 5.75 Å². The number of phenols is 1. The number of alkyl carbamates (subject to hydrolysis) is 1. The van der Waals surface area contributed by atoms with E-state index < -0.39 is 23.7 Å². The van der Waals surface area contributed by atoms with E-state index in [1.54, 1.807) is 52.0 Å². The lowest BCUT2D eigenvalue weighted by Crippen LogP contribution is -2.42. The van der Waals surface area contributed by atoms with Gasteiger partial charge >= 0.3 is 12.1 Å². The Bertz CT molecular complexity index is 508. The van der Waals surface area contributed by atoms with E-state index in [0.717, 1.165) is 6.42 Å². The molecule has 0 spiro atoms. The van der Waals surface area contributed by atoms with Crippen molar-refractivity contribution in [3.63, 3.8) is 0 Å². The summed E-state index contributed by atoms with van der Waals surface area (Å²) in [6.07, 6.45) is 0.195. The standard InChI is InChI=1S/C13H25NO4.C6H6O/c1-9(2)7-8-17-11(15)10(3)14-12(16)18-13(4,5)6;7-6-4-2-1-3-5-6/h9-10H,7-8H2,1-6H3,(H,14,16);1-5,7H. The second kappa shape index (κ2) is 11.3. The number of hydrogen-bond acceptors (Lipinski definition) is 5. The van der Waals surface area contributed by atoms with E-state index in [-0.39, 0.29) is 0 Å². The fourth-order valence-electron chi connectivity index (χ4n) is 1.49. The molecule has 142 valence electrons. The van der Waals surface area contributed by atoms with Gasteiger partial charge in [0.1, 0.15) is 17.4 Å². The van der Waals surface area contributed by atoms with E-state index in [2.05, 4.69) is 19.2 Å². The summed E-state index contributed by atoms with van der Waals surface area (Å²) in [7, 11) is 0. The Morgan fingerprint density at radius 2 is 1.68 bits per heavy atom. The Morgan fingerprint density at radius 1 is 1.12 bits per heavy atom. The van der Waals surface area contributed by atoms with Crippen LogP contribution in [0.2, 0.25) is 0 Å². The largest absolute Gasteiger partial charge is 0.508 e. The number of nitrogens with one attached hydrogen (secondary N) is 1. The van der Waals surface area contributed by atoms with Crippen LogP contribution in [0, 0.1) is 5.92 Å². The number of phenolic OH excluding ortho intramolecular Hbond substituents is 1. The van der Waals surface area contributed by atoms with Gasteiger partial charge in [-0.25, -0.2) is 9.59 Å². The van der Waals surface area contributed by atoms with Crippen molar-refractivity contribution in [2.45, 2.75) is 59.6 Å². The van der Waals surface area contributed by atoms with Crippen molar-refractivity contribution in [2.24, 2.45) is 5.92 Å². The first kappa shape index (κ1) is 22.8. The molecule has 6 nitrogen and oxygen atoms in total. The van der Waals surface area contributed by atoms with Gasteiger partial charge in [0.2, 0.25) is 0 Å². The predicted octanol–water partition coefficient (Wildman–Crippen LogP) is 3.88. The van der Waals surface area contributed by atoms with Crippen LogP contribution in [0.1, 0.15) is 48.0 Å². The summed E-state index contributed by atoms with van der Waals surface area (Å²) >= 11 is 0. The van der Waals surface area contributed by atoms with Gasteiger partial charge in [-0.15, -0.1) is 0 Å². The zero-order valence-electron chi connectivity index (χ0n) is 16.0. The molecule has 0 saturated carbocycles. The number of benzene rings is 1. The molecule has 0 bridgehead atoms. The van der Waals surface area contributed by atoms with Crippen LogP contribution in [0.15, 0.2) is 30.3 Å². The number of carbonyl (C=O) groups excluding carboxylic acids is 2. The van der Waals surface area contributed by atoms with E-state index in [1.807, 2.05) is 6.07 Å². The number of hydrogen-bond donors (Lipinski definition) is 2. The highest BCUT2D eigenvalue weighted by Crippen LogP contribution is 2.07. The summed E-state index contributed by atoms with van der Waals surface area (Å²) in [5, 5.41) is 11.1. The Labute approximate surface area is 150 Å². The minimum atomic E-state index is -0.702. The van der Waals surface area contributed by atoms with Crippen molar-refractivity contribution in [1.29, 1.82) is 0 Å².